The van der Waals surface area contributed by atoms with Gasteiger partial charge in [0.2, 0.25) is 0 Å². The predicted molar refractivity (Wildman–Crippen MR) is 143 cm³/mol. The van der Waals surface area contributed by atoms with Crippen molar-refractivity contribution >= 4 is 26.2 Å². The van der Waals surface area contributed by atoms with Gasteiger partial charge in [0, 0.05) is 17.3 Å². The van der Waals surface area contributed by atoms with Crippen LogP contribution >= 0.6 is 0 Å². The molecule has 0 spiro atoms. The van der Waals surface area contributed by atoms with Crippen molar-refractivity contribution in [2.75, 3.05) is 0 Å². The normalized spacial score (nSPS) is 18.8. The molecule has 0 aromatic heterocycles. The first-order valence-electron chi connectivity index (χ1n) is 11.7. The maximum absolute atomic E-state index is 2.54. The van der Waals surface area contributed by atoms with Crippen molar-refractivity contribution in [1.82, 2.24) is 0 Å². The van der Waals surface area contributed by atoms with E-state index in [9.17, 15) is 0 Å². The summed E-state index contributed by atoms with van der Waals surface area (Å²) >= 11 is 0. The largest absolute Gasteiger partial charge is 0.0942 e. The van der Waals surface area contributed by atoms with Gasteiger partial charge in [-0.25, -0.2) is 0 Å². The number of hydrogen-bond donors (Lipinski definition) is 0. The quantitative estimate of drug-likeness (QED) is 0.365. The van der Waals surface area contributed by atoms with Crippen molar-refractivity contribution in [3.8, 4) is 11.1 Å². The Morgan fingerprint density at radius 2 is 1.56 bits per heavy atom. The molecule has 0 bridgehead atoms. The maximum Gasteiger partial charge on any atom is 0.0159 e. The molecule has 0 aliphatic heterocycles. The van der Waals surface area contributed by atoms with Gasteiger partial charge in [-0.05, 0) is 54.3 Å². The van der Waals surface area contributed by atoms with Gasteiger partial charge < -0.3 is 0 Å². The van der Waals surface area contributed by atoms with Gasteiger partial charge in [-0.15, -0.1) is 0 Å². The fraction of sp³-hybridized carbons (Fsp3) is 0.258. The Bertz CT molecular complexity index is 1260. The molecular formula is C31H32Si. The Hall–Kier alpha value is -2.77. The molecule has 3 aromatic carbocycles. The second-order valence-electron chi connectivity index (χ2n) is 10.2. The highest BCUT2D eigenvalue weighted by Gasteiger charge is 2.33. The molecule has 1 heteroatoms. The van der Waals surface area contributed by atoms with Crippen molar-refractivity contribution in [3.63, 3.8) is 0 Å². The summed E-state index contributed by atoms with van der Waals surface area (Å²) in [5.74, 6) is 0.851. The lowest BCUT2D eigenvalue weighted by atomic mass is 9.80. The van der Waals surface area contributed by atoms with Gasteiger partial charge in [0.25, 0.3) is 0 Å². The van der Waals surface area contributed by atoms with E-state index in [1.165, 1.54) is 44.5 Å². The summed E-state index contributed by atoms with van der Waals surface area (Å²) in [6, 6.07) is 25.0. The van der Waals surface area contributed by atoms with Gasteiger partial charge in [0.15, 0.2) is 0 Å². The molecule has 0 N–H and O–H groups in total. The first kappa shape index (κ1) is 21.1. The number of benzene rings is 3. The minimum Gasteiger partial charge on any atom is -0.0942 e. The Morgan fingerprint density at radius 1 is 0.844 bits per heavy atom. The van der Waals surface area contributed by atoms with Crippen LogP contribution in [0.15, 0.2) is 78.4 Å². The molecular weight excluding hydrogens is 400 g/mol. The smallest absolute Gasteiger partial charge is 0.0159 e. The first-order chi connectivity index (χ1) is 15.3. The lowest BCUT2D eigenvalue weighted by molar-refractivity contribution is 0.723. The van der Waals surface area contributed by atoms with Crippen molar-refractivity contribution < 1.29 is 0 Å². The Balaban J connectivity index is 1.52. The average molecular weight is 433 g/mol. The van der Waals surface area contributed by atoms with E-state index in [0.29, 0.717) is 11.8 Å². The third-order valence-electron chi connectivity index (χ3n) is 7.12. The van der Waals surface area contributed by atoms with Crippen LogP contribution in [0.25, 0.3) is 23.3 Å². The first-order valence-corrected chi connectivity index (χ1v) is 14.3. The van der Waals surface area contributed by atoms with Crippen LogP contribution in [-0.2, 0) is 5.41 Å². The van der Waals surface area contributed by atoms with Gasteiger partial charge >= 0.3 is 0 Å². The van der Waals surface area contributed by atoms with E-state index in [4.69, 9.17) is 0 Å². The van der Waals surface area contributed by atoms with Crippen LogP contribution in [0.1, 0.15) is 60.4 Å². The lowest BCUT2D eigenvalue weighted by Crippen LogP contribution is -2.22. The van der Waals surface area contributed by atoms with Gasteiger partial charge in [-0.2, -0.15) is 0 Å². The Morgan fingerprint density at radius 3 is 2.31 bits per heavy atom. The van der Waals surface area contributed by atoms with Crippen LogP contribution in [-0.4, -0.2) is 14.1 Å². The monoisotopic (exact) mass is 432 g/mol. The fourth-order valence-corrected chi connectivity index (χ4v) is 7.37. The molecule has 0 saturated heterocycles. The predicted octanol–water partition coefficient (Wildman–Crippen LogP) is 8.08. The molecule has 2 unspecified atom stereocenters. The number of allylic oxidation sites excluding steroid dienone is 2. The topological polar surface area (TPSA) is 0 Å². The molecule has 160 valence electrons. The van der Waals surface area contributed by atoms with E-state index in [1.54, 1.807) is 0 Å². The molecule has 2 atom stereocenters. The highest BCUT2D eigenvalue weighted by atomic mass is 28.2. The van der Waals surface area contributed by atoms with Gasteiger partial charge in [0.05, 0.1) is 0 Å². The molecule has 2 aliphatic rings. The molecule has 3 aromatic rings. The molecule has 0 fully saturated rings. The van der Waals surface area contributed by atoms with E-state index in [2.05, 4.69) is 124 Å². The summed E-state index contributed by atoms with van der Waals surface area (Å²) in [6.07, 6.45) is 7.13. The molecule has 0 nitrogen and oxygen atoms in total. The van der Waals surface area contributed by atoms with E-state index >= 15 is 0 Å². The minimum absolute atomic E-state index is 0.124. The summed E-state index contributed by atoms with van der Waals surface area (Å²) < 4.78 is 0. The minimum atomic E-state index is -0.388. The van der Waals surface area contributed by atoms with Crippen LogP contribution in [0.5, 0.6) is 0 Å². The summed E-state index contributed by atoms with van der Waals surface area (Å²) in [7, 11) is -0.388. The van der Waals surface area contributed by atoms with E-state index in [1.807, 2.05) is 0 Å². The van der Waals surface area contributed by atoms with Crippen LogP contribution in [0.3, 0.4) is 0 Å². The lowest BCUT2D eigenvalue weighted by Gasteiger charge is -2.23. The van der Waals surface area contributed by atoms with Crippen molar-refractivity contribution in [2.45, 2.75) is 51.1 Å². The van der Waals surface area contributed by atoms with Crippen LogP contribution in [0.2, 0.25) is 13.1 Å². The second kappa shape index (κ2) is 7.97. The summed E-state index contributed by atoms with van der Waals surface area (Å²) in [5, 5.41) is 0. The molecule has 0 amide bonds. The third-order valence-corrected chi connectivity index (χ3v) is 8.42. The zero-order valence-electron chi connectivity index (χ0n) is 19.8. The second-order valence-corrected chi connectivity index (χ2v) is 12.7. The van der Waals surface area contributed by atoms with Gasteiger partial charge in [-0.3, -0.25) is 0 Å². The van der Waals surface area contributed by atoms with Crippen LogP contribution in [0, 0.1) is 0 Å². The van der Waals surface area contributed by atoms with Crippen LogP contribution in [0.4, 0.5) is 0 Å². The third kappa shape index (κ3) is 3.59. The maximum atomic E-state index is 2.54. The average Bonchev–Trinajstić information content (AvgIpc) is 3.32. The van der Waals surface area contributed by atoms with E-state index in [0.717, 1.165) is 0 Å². The van der Waals surface area contributed by atoms with E-state index < -0.39 is 0 Å². The SMILES string of the molecule is CC1=Cc2c(-c3ccc(C(C)(C)C=[Si](C)C)cc3)cccc2C1C1C=Cc2ccccc21. The Labute approximate surface area is 194 Å². The fourth-order valence-electron chi connectivity index (χ4n) is 5.76. The molecule has 0 radical (unpaired) electrons. The molecule has 32 heavy (non-hydrogen) atoms. The van der Waals surface area contributed by atoms with Crippen molar-refractivity contribution in [1.29, 1.82) is 0 Å². The van der Waals surface area contributed by atoms with E-state index in [-0.39, 0.29) is 13.8 Å². The highest BCUT2D eigenvalue weighted by molar-refractivity contribution is 6.64. The van der Waals surface area contributed by atoms with Gasteiger partial charge in [0.1, 0.15) is 0 Å². The zero-order valence-corrected chi connectivity index (χ0v) is 20.8. The number of rotatable bonds is 4. The Kier molecular flexibility index (Phi) is 5.26. The summed E-state index contributed by atoms with van der Waals surface area (Å²) in [6.45, 7) is 11.7. The zero-order chi connectivity index (χ0) is 22.5. The molecule has 5 rings (SSSR count). The summed E-state index contributed by atoms with van der Waals surface area (Å²) in [5.41, 5.74) is 13.9. The molecule has 0 heterocycles. The highest BCUT2D eigenvalue weighted by Crippen LogP contribution is 2.50. The summed E-state index contributed by atoms with van der Waals surface area (Å²) in [4.78, 5) is 0. The van der Waals surface area contributed by atoms with Crippen molar-refractivity contribution in [2.24, 2.45) is 0 Å². The number of hydrogen-bond acceptors (Lipinski definition) is 0. The molecule has 0 saturated carbocycles. The van der Waals surface area contributed by atoms with Crippen molar-refractivity contribution in [3.05, 3.63) is 106 Å². The molecule has 2 aliphatic carbocycles. The number of fused-ring (bicyclic) bond motifs is 2. The standard InChI is InChI=1S/C31H32Si/c1-21-19-29-26(23-13-16-24(17-14-23)31(2,3)20-32(4)5)11-8-12-27(29)30(21)28-18-15-22-9-6-7-10-25(22)28/h6-20,28,30H,1-5H3. The van der Waals surface area contributed by atoms with Crippen LogP contribution < -0.4 is 0 Å². The van der Waals surface area contributed by atoms with Gasteiger partial charge in [-0.1, -0.05) is 123 Å².